The highest BCUT2D eigenvalue weighted by molar-refractivity contribution is 6.29. The Kier molecular flexibility index (Phi) is 2.75. The molecule has 2 rings (SSSR count). The van der Waals surface area contributed by atoms with Crippen molar-refractivity contribution in [1.82, 2.24) is 0 Å². The molecule has 0 unspecified atom stereocenters. The zero-order chi connectivity index (χ0) is 11.7. The Morgan fingerprint density at radius 2 is 1.94 bits per heavy atom. The molecule has 5 heteroatoms. The van der Waals surface area contributed by atoms with Gasteiger partial charge in [0, 0.05) is 0 Å². The molecule has 16 heavy (non-hydrogen) atoms. The van der Waals surface area contributed by atoms with Crippen molar-refractivity contribution in [2.24, 2.45) is 0 Å². The highest BCUT2D eigenvalue weighted by Crippen LogP contribution is 2.19. The van der Waals surface area contributed by atoms with E-state index in [9.17, 15) is 13.6 Å². The largest absolute Gasteiger partial charge is 0.441 e. The van der Waals surface area contributed by atoms with Gasteiger partial charge in [0.25, 0.3) is 0 Å². The van der Waals surface area contributed by atoms with E-state index in [-0.39, 0.29) is 16.5 Å². The maximum atomic E-state index is 13.3. The smallest absolute Gasteiger partial charge is 0.231 e. The molecule has 0 aliphatic rings. The number of furan rings is 1. The SMILES string of the molecule is O=C(c1ccc(Cl)o1)c1cccc(F)c1F. The lowest BCUT2D eigenvalue weighted by Crippen LogP contribution is -2.04. The Labute approximate surface area is 94.4 Å². The monoisotopic (exact) mass is 242 g/mol. The van der Waals surface area contributed by atoms with Crippen LogP contribution in [0.4, 0.5) is 8.78 Å². The third-order valence-electron chi connectivity index (χ3n) is 1.99. The van der Waals surface area contributed by atoms with Gasteiger partial charge >= 0.3 is 0 Å². The third kappa shape index (κ3) is 1.84. The van der Waals surface area contributed by atoms with E-state index in [1.807, 2.05) is 0 Å². The first-order valence-electron chi connectivity index (χ1n) is 4.33. The van der Waals surface area contributed by atoms with Crippen LogP contribution in [0.15, 0.2) is 34.7 Å². The molecule has 0 atom stereocenters. The molecule has 0 aliphatic heterocycles. The van der Waals surface area contributed by atoms with Crippen LogP contribution in [-0.4, -0.2) is 5.78 Å². The lowest BCUT2D eigenvalue weighted by molar-refractivity contribution is 0.100. The van der Waals surface area contributed by atoms with Gasteiger partial charge in [0.1, 0.15) is 0 Å². The van der Waals surface area contributed by atoms with Crippen molar-refractivity contribution in [2.75, 3.05) is 0 Å². The van der Waals surface area contributed by atoms with Gasteiger partial charge in [-0.1, -0.05) is 6.07 Å². The fraction of sp³-hybridized carbons (Fsp3) is 0. The molecule has 82 valence electrons. The second kappa shape index (κ2) is 4.06. The molecule has 0 amide bonds. The van der Waals surface area contributed by atoms with Gasteiger partial charge in [-0.25, -0.2) is 8.78 Å². The van der Waals surface area contributed by atoms with E-state index in [1.54, 1.807) is 0 Å². The van der Waals surface area contributed by atoms with Crippen molar-refractivity contribution in [2.45, 2.75) is 0 Å². The molecule has 0 saturated heterocycles. The van der Waals surface area contributed by atoms with E-state index in [0.717, 1.165) is 6.07 Å². The van der Waals surface area contributed by atoms with Gasteiger partial charge in [-0.3, -0.25) is 4.79 Å². The Morgan fingerprint density at radius 1 is 1.19 bits per heavy atom. The first kappa shape index (κ1) is 10.8. The number of benzene rings is 1. The molecular weight excluding hydrogens is 238 g/mol. The number of carbonyl (C=O) groups excluding carboxylic acids is 1. The summed E-state index contributed by atoms with van der Waals surface area (Å²) in [5.41, 5.74) is -0.383. The maximum Gasteiger partial charge on any atom is 0.231 e. The van der Waals surface area contributed by atoms with Gasteiger partial charge in [0.2, 0.25) is 5.78 Å². The molecule has 0 aliphatic carbocycles. The molecule has 0 fully saturated rings. The highest BCUT2D eigenvalue weighted by atomic mass is 35.5. The molecule has 0 spiro atoms. The highest BCUT2D eigenvalue weighted by Gasteiger charge is 2.19. The summed E-state index contributed by atoms with van der Waals surface area (Å²) in [5, 5.41) is 0.0140. The Morgan fingerprint density at radius 3 is 2.56 bits per heavy atom. The maximum absolute atomic E-state index is 13.3. The lowest BCUT2D eigenvalue weighted by Gasteiger charge is -2.00. The summed E-state index contributed by atoms with van der Waals surface area (Å²) >= 11 is 5.48. The van der Waals surface area contributed by atoms with E-state index < -0.39 is 17.4 Å². The van der Waals surface area contributed by atoms with Crippen molar-refractivity contribution in [3.63, 3.8) is 0 Å². The van der Waals surface area contributed by atoms with Crippen LogP contribution in [0, 0.1) is 11.6 Å². The quantitative estimate of drug-likeness (QED) is 0.755. The fourth-order valence-corrected chi connectivity index (χ4v) is 1.39. The van der Waals surface area contributed by atoms with Gasteiger partial charge in [0.05, 0.1) is 5.56 Å². The normalized spacial score (nSPS) is 10.4. The predicted octanol–water partition coefficient (Wildman–Crippen LogP) is 3.44. The minimum Gasteiger partial charge on any atom is -0.441 e. The van der Waals surface area contributed by atoms with Crippen LogP contribution >= 0.6 is 11.6 Å². The van der Waals surface area contributed by atoms with Crippen LogP contribution in [0.3, 0.4) is 0 Å². The second-order valence-corrected chi connectivity index (χ2v) is 3.41. The number of rotatable bonds is 2. The predicted molar refractivity (Wildman–Crippen MR) is 53.5 cm³/mol. The molecule has 2 aromatic rings. The molecule has 0 saturated carbocycles. The second-order valence-electron chi connectivity index (χ2n) is 3.03. The van der Waals surface area contributed by atoms with Crippen LogP contribution in [-0.2, 0) is 0 Å². The van der Waals surface area contributed by atoms with Crippen LogP contribution in [0.5, 0.6) is 0 Å². The molecular formula is C11H5ClF2O2. The summed E-state index contributed by atoms with van der Waals surface area (Å²) < 4.78 is 31.0. The van der Waals surface area contributed by atoms with Crippen molar-refractivity contribution < 1.29 is 18.0 Å². The summed E-state index contributed by atoms with van der Waals surface area (Å²) in [5.74, 6) is -3.15. The average Bonchev–Trinajstić information content (AvgIpc) is 2.68. The van der Waals surface area contributed by atoms with Gasteiger partial charge in [-0.15, -0.1) is 0 Å². The third-order valence-corrected chi connectivity index (χ3v) is 2.20. The minimum absolute atomic E-state index is 0.0140. The zero-order valence-corrected chi connectivity index (χ0v) is 8.59. The number of hydrogen-bond donors (Lipinski definition) is 0. The molecule has 1 aromatic heterocycles. The lowest BCUT2D eigenvalue weighted by atomic mass is 10.1. The molecule has 0 radical (unpaired) electrons. The number of ketones is 1. The Balaban J connectivity index is 2.45. The molecule has 0 N–H and O–H groups in total. The molecule has 1 aromatic carbocycles. The van der Waals surface area contributed by atoms with Crippen molar-refractivity contribution in [3.05, 3.63) is 58.5 Å². The van der Waals surface area contributed by atoms with E-state index in [2.05, 4.69) is 0 Å². The summed E-state index contributed by atoms with van der Waals surface area (Å²) in [7, 11) is 0. The summed E-state index contributed by atoms with van der Waals surface area (Å²) in [4.78, 5) is 11.7. The summed E-state index contributed by atoms with van der Waals surface area (Å²) in [6.45, 7) is 0. The van der Waals surface area contributed by atoms with Gasteiger partial charge in [-0.2, -0.15) is 0 Å². The van der Waals surface area contributed by atoms with Crippen LogP contribution < -0.4 is 0 Å². The summed E-state index contributed by atoms with van der Waals surface area (Å²) in [6.07, 6.45) is 0. The average molecular weight is 243 g/mol. The van der Waals surface area contributed by atoms with Crippen LogP contribution in [0.2, 0.25) is 5.22 Å². The number of carbonyl (C=O) groups is 1. The van der Waals surface area contributed by atoms with Gasteiger partial charge in [-0.05, 0) is 35.9 Å². The fourth-order valence-electron chi connectivity index (χ4n) is 1.25. The first-order valence-corrected chi connectivity index (χ1v) is 4.71. The molecule has 2 nitrogen and oxygen atoms in total. The topological polar surface area (TPSA) is 30.2 Å². The molecule has 1 heterocycles. The van der Waals surface area contributed by atoms with Crippen molar-refractivity contribution >= 4 is 17.4 Å². The van der Waals surface area contributed by atoms with E-state index >= 15 is 0 Å². The summed E-state index contributed by atoms with van der Waals surface area (Å²) in [6, 6.07) is 6.01. The van der Waals surface area contributed by atoms with Crippen molar-refractivity contribution in [3.8, 4) is 0 Å². The Bertz CT molecular complexity index is 549. The standard InChI is InChI=1S/C11H5ClF2O2/c12-9-5-4-8(16-9)11(15)6-2-1-3-7(13)10(6)14/h1-5H. The van der Waals surface area contributed by atoms with Crippen LogP contribution in [0.1, 0.15) is 16.1 Å². The minimum atomic E-state index is -1.19. The number of halogens is 3. The van der Waals surface area contributed by atoms with Crippen LogP contribution in [0.25, 0.3) is 0 Å². The molecule has 0 bridgehead atoms. The zero-order valence-electron chi connectivity index (χ0n) is 7.84. The van der Waals surface area contributed by atoms with E-state index in [0.29, 0.717) is 0 Å². The van der Waals surface area contributed by atoms with Crippen molar-refractivity contribution in [1.29, 1.82) is 0 Å². The van der Waals surface area contributed by atoms with E-state index in [1.165, 1.54) is 24.3 Å². The van der Waals surface area contributed by atoms with Gasteiger partial charge < -0.3 is 4.42 Å². The van der Waals surface area contributed by atoms with Gasteiger partial charge in [0.15, 0.2) is 22.6 Å². The first-order chi connectivity index (χ1) is 7.59. The Hall–Kier alpha value is -1.68. The number of hydrogen-bond acceptors (Lipinski definition) is 2. The van der Waals surface area contributed by atoms with E-state index in [4.69, 9.17) is 16.0 Å².